The van der Waals surface area contributed by atoms with E-state index in [9.17, 15) is 13.6 Å². The molecule has 0 aliphatic carbocycles. The smallest absolute Gasteiger partial charge is 0.237 e. The number of halogens is 2. The molecule has 3 atom stereocenters. The van der Waals surface area contributed by atoms with Gasteiger partial charge in [-0.25, -0.2) is 8.78 Å². The molecule has 0 aromatic heterocycles. The Bertz CT molecular complexity index is 690. The number of likely N-dealkylation sites (N-methyl/N-ethyl adjacent to an activating group) is 1. The van der Waals surface area contributed by atoms with E-state index >= 15 is 0 Å². The van der Waals surface area contributed by atoms with Crippen molar-refractivity contribution in [2.45, 2.75) is 37.8 Å². The second-order valence-electron chi connectivity index (χ2n) is 7.98. The van der Waals surface area contributed by atoms with E-state index in [1.165, 1.54) is 0 Å². The van der Waals surface area contributed by atoms with Crippen LogP contribution in [0.3, 0.4) is 0 Å². The van der Waals surface area contributed by atoms with Crippen LogP contribution in [0.5, 0.6) is 0 Å². The topological polar surface area (TPSA) is 26.8 Å². The van der Waals surface area contributed by atoms with Crippen LogP contribution in [0.2, 0.25) is 0 Å². The largest absolute Gasteiger partial charge is 0.336 e. The van der Waals surface area contributed by atoms with E-state index in [1.807, 2.05) is 23.8 Å². The summed E-state index contributed by atoms with van der Waals surface area (Å²) in [6.45, 7) is 5.70. The number of piperidine rings is 3. The summed E-state index contributed by atoms with van der Waals surface area (Å²) in [4.78, 5) is 19.3. The molecule has 1 aromatic rings. The van der Waals surface area contributed by atoms with E-state index in [1.54, 1.807) is 12.1 Å². The third-order valence-electron chi connectivity index (χ3n) is 6.64. The van der Waals surface area contributed by atoms with Gasteiger partial charge in [0.15, 0.2) is 11.6 Å². The Kier molecular flexibility index (Phi) is 4.73. The molecule has 0 radical (unpaired) electrons. The first-order valence-corrected chi connectivity index (χ1v) is 9.67. The molecule has 4 saturated heterocycles. The predicted molar refractivity (Wildman–Crippen MR) is 95.9 cm³/mol. The minimum Gasteiger partial charge on any atom is -0.336 e. The molecule has 4 aliphatic heterocycles. The minimum atomic E-state index is -0.800. The maximum atomic E-state index is 14.5. The molecule has 0 N–H and O–H groups in total. The Morgan fingerprint density at radius 2 is 1.96 bits per heavy atom. The summed E-state index contributed by atoms with van der Waals surface area (Å²) in [6, 6.07) is 4.67. The van der Waals surface area contributed by atoms with E-state index in [0.717, 1.165) is 38.5 Å². The molecule has 0 saturated carbocycles. The first kappa shape index (κ1) is 17.9. The van der Waals surface area contributed by atoms with Gasteiger partial charge in [-0.05, 0) is 57.1 Å². The molecule has 1 aromatic carbocycles. The Morgan fingerprint density at radius 3 is 2.65 bits per heavy atom. The average Bonchev–Trinajstić information content (AvgIpc) is 3.07. The van der Waals surface area contributed by atoms with Crippen molar-refractivity contribution in [3.05, 3.63) is 35.4 Å². The first-order valence-electron chi connectivity index (χ1n) is 9.67. The second kappa shape index (κ2) is 6.89. The van der Waals surface area contributed by atoms with Gasteiger partial charge in [0.25, 0.3) is 0 Å². The van der Waals surface area contributed by atoms with E-state index in [0.29, 0.717) is 24.6 Å². The Labute approximate surface area is 153 Å². The second-order valence-corrected chi connectivity index (χ2v) is 7.98. The number of likely N-dealkylation sites (tertiary alicyclic amines) is 1. The number of hydrogen-bond donors (Lipinski definition) is 0. The molecule has 142 valence electrons. The van der Waals surface area contributed by atoms with Crippen LogP contribution in [0.15, 0.2) is 18.2 Å². The van der Waals surface area contributed by atoms with Gasteiger partial charge >= 0.3 is 0 Å². The summed E-state index contributed by atoms with van der Waals surface area (Å²) in [5.74, 6) is -1.13. The Hall–Kier alpha value is -1.53. The van der Waals surface area contributed by atoms with Crippen molar-refractivity contribution >= 4 is 5.91 Å². The van der Waals surface area contributed by atoms with Crippen molar-refractivity contribution in [2.24, 2.45) is 5.92 Å². The number of nitrogens with zero attached hydrogens (tertiary/aromatic N) is 3. The number of benzene rings is 1. The number of hydrogen-bond acceptors (Lipinski definition) is 3. The van der Waals surface area contributed by atoms with Crippen LogP contribution in [0, 0.1) is 17.6 Å². The lowest BCUT2D eigenvalue weighted by Gasteiger charge is -2.51. The van der Waals surface area contributed by atoms with Crippen molar-refractivity contribution < 1.29 is 13.6 Å². The molecule has 26 heavy (non-hydrogen) atoms. The number of rotatable bonds is 4. The standard InChI is InChI=1S/C20H27F2N3O/c1-3-23(2)12-17(26)25-11-15(14-5-4-6-16(21)18(14)22)20-19(25)13-7-9-24(20)10-8-13/h4-6,13,15,19-20H,3,7-12H2,1-2H3/t15-,19+,20+/m1/s1. The molecule has 6 heteroatoms. The fraction of sp³-hybridized carbons (Fsp3) is 0.650. The van der Waals surface area contributed by atoms with Crippen LogP contribution in [0.1, 0.15) is 31.2 Å². The molecule has 0 spiro atoms. The Morgan fingerprint density at radius 1 is 1.23 bits per heavy atom. The number of carbonyl (C=O) groups excluding carboxylic acids is 1. The monoisotopic (exact) mass is 363 g/mol. The third kappa shape index (κ3) is 2.83. The lowest BCUT2D eigenvalue weighted by molar-refractivity contribution is -0.136. The Balaban J connectivity index is 1.68. The van der Waals surface area contributed by atoms with E-state index in [-0.39, 0.29) is 23.9 Å². The number of carbonyl (C=O) groups is 1. The molecular formula is C20H27F2N3O. The molecule has 1 amide bonds. The number of amides is 1. The molecule has 4 aliphatic rings. The van der Waals surface area contributed by atoms with E-state index in [2.05, 4.69) is 4.90 Å². The SMILES string of the molecule is CCN(C)CC(=O)N1C[C@H](c2cccc(F)c2F)[C@H]2[C@@H]1C1CCN2CC1. The maximum Gasteiger partial charge on any atom is 0.237 e. The lowest BCUT2D eigenvalue weighted by atomic mass is 9.75. The van der Waals surface area contributed by atoms with Crippen molar-refractivity contribution in [2.75, 3.05) is 39.8 Å². The highest BCUT2D eigenvalue weighted by atomic mass is 19.2. The van der Waals surface area contributed by atoms with Gasteiger partial charge in [0.05, 0.1) is 12.6 Å². The zero-order valence-electron chi connectivity index (χ0n) is 15.5. The van der Waals surface area contributed by atoms with Crippen molar-refractivity contribution in [1.82, 2.24) is 14.7 Å². The van der Waals surface area contributed by atoms with Gasteiger partial charge in [0, 0.05) is 18.5 Å². The molecule has 4 heterocycles. The highest BCUT2D eigenvalue weighted by Gasteiger charge is 2.55. The summed E-state index contributed by atoms with van der Waals surface area (Å²) in [7, 11) is 1.94. The van der Waals surface area contributed by atoms with Crippen LogP contribution in [0.4, 0.5) is 8.78 Å². The highest BCUT2D eigenvalue weighted by Crippen LogP contribution is 2.47. The maximum absolute atomic E-state index is 14.5. The minimum absolute atomic E-state index is 0.106. The van der Waals surface area contributed by atoms with Crippen LogP contribution in [-0.2, 0) is 4.79 Å². The summed E-state index contributed by atoms with van der Waals surface area (Å²) in [5, 5.41) is 0. The zero-order valence-corrected chi connectivity index (χ0v) is 15.5. The van der Waals surface area contributed by atoms with Crippen LogP contribution in [0.25, 0.3) is 0 Å². The van der Waals surface area contributed by atoms with Crippen molar-refractivity contribution in [3.63, 3.8) is 0 Å². The first-order chi connectivity index (χ1) is 12.5. The van der Waals surface area contributed by atoms with Crippen LogP contribution in [-0.4, -0.2) is 72.5 Å². The van der Waals surface area contributed by atoms with Gasteiger partial charge in [0.1, 0.15) is 0 Å². The van der Waals surface area contributed by atoms with Gasteiger partial charge in [-0.15, -0.1) is 0 Å². The quantitative estimate of drug-likeness (QED) is 0.821. The van der Waals surface area contributed by atoms with Gasteiger partial charge < -0.3 is 4.90 Å². The lowest BCUT2D eigenvalue weighted by Crippen LogP contribution is -2.61. The molecule has 0 unspecified atom stereocenters. The highest BCUT2D eigenvalue weighted by molar-refractivity contribution is 5.79. The summed E-state index contributed by atoms with van der Waals surface area (Å²) < 4.78 is 28.4. The van der Waals surface area contributed by atoms with Gasteiger partial charge in [-0.2, -0.15) is 0 Å². The molecule has 4 nitrogen and oxygen atoms in total. The van der Waals surface area contributed by atoms with E-state index < -0.39 is 11.6 Å². The zero-order chi connectivity index (χ0) is 18.4. The molecule has 4 fully saturated rings. The van der Waals surface area contributed by atoms with Crippen LogP contribution >= 0.6 is 0 Å². The number of fused-ring (bicyclic) bond motifs is 2. The van der Waals surface area contributed by atoms with Gasteiger partial charge in [0.2, 0.25) is 5.91 Å². The third-order valence-corrected chi connectivity index (χ3v) is 6.64. The summed E-state index contributed by atoms with van der Waals surface area (Å²) in [6.07, 6.45) is 2.18. The normalized spacial score (nSPS) is 33.0. The fourth-order valence-corrected chi connectivity index (χ4v) is 5.22. The average molecular weight is 363 g/mol. The molecule has 2 bridgehead atoms. The molecule has 5 rings (SSSR count). The van der Waals surface area contributed by atoms with Gasteiger partial charge in [-0.1, -0.05) is 19.1 Å². The van der Waals surface area contributed by atoms with Crippen molar-refractivity contribution in [3.8, 4) is 0 Å². The summed E-state index contributed by atoms with van der Waals surface area (Å²) in [5.41, 5.74) is 0.423. The molecular weight excluding hydrogens is 336 g/mol. The summed E-state index contributed by atoms with van der Waals surface area (Å²) >= 11 is 0. The predicted octanol–water partition coefficient (Wildman–Crippen LogP) is 2.31. The van der Waals surface area contributed by atoms with Gasteiger partial charge in [-0.3, -0.25) is 14.6 Å². The van der Waals surface area contributed by atoms with E-state index in [4.69, 9.17) is 0 Å². The van der Waals surface area contributed by atoms with Crippen molar-refractivity contribution in [1.29, 1.82) is 0 Å². The fourth-order valence-electron chi connectivity index (χ4n) is 5.22. The van der Waals surface area contributed by atoms with Crippen LogP contribution < -0.4 is 0 Å².